The molecule has 0 saturated carbocycles. The molecule has 1 aliphatic rings. The van der Waals surface area contributed by atoms with Gasteiger partial charge in [0.15, 0.2) is 11.6 Å². The number of amidine groups is 1. The Balaban J connectivity index is 1.47. The van der Waals surface area contributed by atoms with Gasteiger partial charge in [-0.3, -0.25) is 9.59 Å². The number of amides is 1. The quantitative estimate of drug-likeness (QED) is 0.624. The predicted molar refractivity (Wildman–Crippen MR) is 118 cm³/mol. The minimum atomic E-state index is -3.76. The number of sulfonamides is 1. The summed E-state index contributed by atoms with van der Waals surface area (Å²) in [6.45, 7) is -0.112. The van der Waals surface area contributed by atoms with Crippen molar-refractivity contribution in [3.8, 4) is 0 Å². The predicted octanol–water partition coefficient (Wildman–Crippen LogP) is 2.94. The summed E-state index contributed by atoms with van der Waals surface area (Å²) in [5.74, 6) is -0.286. The molecular weight excluding hydrogens is 414 g/mol. The third kappa shape index (κ3) is 4.24. The number of nitrogens with zero attached hydrogens (tertiary/aromatic N) is 2. The average molecular weight is 433 g/mol. The number of benzene rings is 3. The molecule has 156 valence electrons. The molecule has 0 radical (unpaired) electrons. The van der Waals surface area contributed by atoms with Gasteiger partial charge in [-0.15, -0.1) is 4.40 Å². The Labute approximate surface area is 180 Å². The Bertz CT molecular complexity index is 1300. The number of ketones is 1. The molecule has 0 bridgehead atoms. The van der Waals surface area contributed by atoms with Crippen LogP contribution in [0, 0.1) is 0 Å². The van der Waals surface area contributed by atoms with Gasteiger partial charge in [0, 0.05) is 29.4 Å². The zero-order valence-corrected chi connectivity index (χ0v) is 17.5. The van der Waals surface area contributed by atoms with E-state index in [0.717, 1.165) is 0 Å². The molecule has 3 aromatic carbocycles. The zero-order chi connectivity index (χ0) is 22.0. The van der Waals surface area contributed by atoms with E-state index in [4.69, 9.17) is 0 Å². The van der Waals surface area contributed by atoms with Crippen molar-refractivity contribution < 1.29 is 18.0 Å². The average Bonchev–Trinajstić information content (AvgIpc) is 3.05. The fourth-order valence-corrected chi connectivity index (χ4v) is 4.60. The zero-order valence-electron chi connectivity index (χ0n) is 16.6. The Kier molecular flexibility index (Phi) is 5.39. The van der Waals surface area contributed by atoms with E-state index in [1.165, 1.54) is 11.0 Å². The van der Waals surface area contributed by atoms with Crippen molar-refractivity contribution in [3.63, 3.8) is 0 Å². The lowest BCUT2D eigenvalue weighted by atomic mass is 10.0. The summed E-state index contributed by atoms with van der Waals surface area (Å²) in [4.78, 5) is 26.8. The number of carbonyl (C=O) groups excluding carboxylic acids is 2. The van der Waals surface area contributed by atoms with E-state index in [-0.39, 0.29) is 29.0 Å². The summed E-state index contributed by atoms with van der Waals surface area (Å²) in [5, 5.41) is 2.75. The van der Waals surface area contributed by atoms with E-state index in [9.17, 15) is 18.0 Å². The Morgan fingerprint density at radius 2 is 1.58 bits per heavy atom. The van der Waals surface area contributed by atoms with Crippen molar-refractivity contribution in [1.82, 2.24) is 4.90 Å². The van der Waals surface area contributed by atoms with Crippen molar-refractivity contribution in [2.75, 3.05) is 18.9 Å². The lowest BCUT2D eigenvalue weighted by molar-refractivity contribution is -0.116. The molecule has 8 heteroatoms. The summed E-state index contributed by atoms with van der Waals surface area (Å²) in [7, 11) is -2.16. The summed E-state index contributed by atoms with van der Waals surface area (Å²) in [6, 6.07) is 22.1. The molecule has 1 amide bonds. The molecule has 1 aliphatic heterocycles. The minimum absolute atomic E-state index is 0.112. The standard InChI is InChI=1S/C23H19N3O4S/c1-26(23-19-12-5-6-13-20(19)31(29,30)25-23)15-21(27)24-18-11-7-10-17(14-18)22(28)16-8-3-2-4-9-16/h2-14H,15H2,1H3,(H,24,27). The first kappa shape index (κ1) is 20.5. The lowest BCUT2D eigenvalue weighted by Gasteiger charge is -2.18. The van der Waals surface area contributed by atoms with Crippen molar-refractivity contribution in [3.05, 3.63) is 95.6 Å². The SMILES string of the molecule is CN(CC(=O)Nc1cccc(C(=O)c2ccccc2)c1)C1=NS(=O)(=O)c2ccccc21. The van der Waals surface area contributed by atoms with E-state index in [0.29, 0.717) is 22.4 Å². The number of rotatable bonds is 5. The molecule has 1 heterocycles. The van der Waals surface area contributed by atoms with E-state index in [1.54, 1.807) is 73.8 Å². The van der Waals surface area contributed by atoms with Crippen molar-refractivity contribution in [2.45, 2.75) is 4.90 Å². The van der Waals surface area contributed by atoms with E-state index in [2.05, 4.69) is 9.71 Å². The molecule has 0 spiro atoms. The van der Waals surface area contributed by atoms with Gasteiger partial charge in [-0.1, -0.05) is 54.6 Å². The van der Waals surface area contributed by atoms with Crippen LogP contribution in [0.25, 0.3) is 0 Å². The number of hydrogen-bond donors (Lipinski definition) is 1. The second-order valence-electron chi connectivity index (χ2n) is 7.07. The molecule has 7 nitrogen and oxygen atoms in total. The van der Waals surface area contributed by atoms with Crippen molar-refractivity contribution >= 4 is 33.2 Å². The first-order valence-corrected chi connectivity index (χ1v) is 10.9. The van der Waals surface area contributed by atoms with E-state index < -0.39 is 10.0 Å². The van der Waals surface area contributed by atoms with Crippen molar-refractivity contribution in [2.24, 2.45) is 4.40 Å². The molecule has 1 N–H and O–H groups in total. The molecule has 0 saturated heterocycles. The number of anilines is 1. The van der Waals surface area contributed by atoms with Crippen LogP contribution in [0.15, 0.2) is 88.2 Å². The molecule has 0 aromatic heterocycles. The monoisotopic (exact) mass is 433 g/mol. The van der Waals surface area contributed by atoms with Crippen LogP contribution in [0.1, 0.15) is 21.5 Å². The molecule has 3 aromatic rings. The van der Waals surface area contributed by atoms with Crippen LogP contribution < -0.4 is 5.32 Å². The highest BCUT2D eigenvalue weighted by Crippen LogP contribution is 2.26. The third-order valence-electron chi connectivity index (χ3n) is 4.80. The Morgan fingerprint density at radius 3 is 2.35 bits per heavy atom. The fraction of sp³-hybridized carbons (Fsp3) is 0.0870. The molecule has 31 heavy (non-hydrogen) atoms. The molecule has 0 atom stereocenters. The van der Waals surface area contributed by atoms with Crippen LogP contribution in [0.3, 0.4) is 0 Å². The second kappa shape index (κ2) is 8.16. The number of nitrogens with one attached hydrogen (secondary N) is 1. The maximum atomic E-state index is 12.6. The van der Waals surface area contributed by atoms with Crippen LogP contribution in [-0.2, 0) is 14.8 Å². The highest BCUT2D eigenvalue weighted by atomic mass is 32.2. The minimum Gasteiger partial charge on any atom is -0.349 e. The van der Waals surface area contributed by atoms with E-state index >= 15 is 0 Å². The van der Waals surface area contributed by atoms with Gasteiger partial charge in [-0.25, -0.2) is 0 Å². The van der Waals surface area contributed by atoms with Crippen molar-refractivity contribution in [1.29, 1.82) is 0 Å². The normalized spacial score (nSPS) is 13.8. The van der Waals surface area contributed by atoms with Crippen LogP contribution in [0.2, 0.25) is 0 Å². The van der Waals surface area contributed by atoms with Gasteiger partial charge < -0.3 is 10.2 Å². The topological polar surface area (TPSA) is 95.9 Å². The Morgan fingerprint density at radius 1 is 0.903 bits per heavy atom. The van der Waals surface area contributed by atoms with Gasteiger partial charge in [0.05, 0.1) is 6.54 Å². The third-order valence-corrected chi connectivity index (χ3v) is 6.12. The van der Waals surface area contributed by atoms with Gasteiger partial charge >= 0.3 is 0 Å². The lowest BCUT2D eigenvalue weighted by Crippen LogP contribution is -2.34. The number of fused-ring (bicyclic) bond motifs is 1. The number of carbonyl (C=O) groups is 2. The first-order valence-electron chi connectivity index (χ1n) is 9.50. The van der Waals surface area contributed by atoms with Gasteiger partial charge in [-0.05, 0) is 24.3 Å². The summed E-state index contributed by atoms with van der Waals surface area (Å²) in [5.41, 5.74) is 1.96. The summed E-state index contributed by atoms with van der Waals surface area (Å²) < 4.78 is 28.2. The fourth-order valence-electron chi connectivity index (χ4n) is 3.35. The Hall–Kier alpha value is -3.78. The maximum Gasteiger partial charge on any atom is 0.285 e. The molecular formula is C23H19N3O4S. The molecule has 4 rings (SSSR count). The van der Waals surface area contributed by atoms with E-state index in [1.807, 2.05) is 6.07 Å². The van der Waals surface area contributed by atoms with Crippen LogP contribution in [0.5, 0.6) is 0 Å². The van der Waals surface area contributed by atoms with Gasteiger partial charge in [0.25, 0.3) is 10.0 Å². The van der Waals surface area contributed by atoms with Gasteiger partial charge in [0.1, 0.15) is 4.90 Å². The van der Waals surface area contributed by atoms with Gasteiger partial charge in [-0.2, -0.15) is 8.42 Å². The maximum absolute atomic E-state index is 12.6. The molecule has 0 unspecified atom stereocenters. The smallest absolute Gasteiger partial charge is 0.285 e. The second-order valence-corrected chi connectivity index (χ2v) is 8.64. The molecule has 0 fully saturated rings. The number of likely N-dealkylation sites (N-methyl/N-ethyl adjacent to an activating group) is 1. The highest BCUT2D eigenvalue weighted by molar-refractivity contribution is 7.90. The van der Waals surface area contributed by atoms with Crippen LogP contribution >= 0.6 is 0 Å². The first-order chi connectivity index (χ1) is 14.8. The summed E-state index contributed by atoms with van der Waals surface area (Å²) in [6.07, 6.45) is 0. The van der Waals surface area contributed by atoms with Crippen LogP contribution in [-0.4, -0.2) is 44.4 Å². The highest BCUT2D eigenvalue weighted by Gasteiger charge is 2.30. The summed E-state index contributed by atoms with van der Waals surface area (Å²) >= 11 is 0. The number of hydrogen-bond acceptors (Lipinski definition) is 5. The van der Waals surface area contributed by atoms with Gasteiger partial charge in [0.2, 0.25) is 5.91 Å². The van der Waals surface area contributed by atoms with Crippen LogP contribution in [0.4, 0.5) is 5.69 Å². The largest absolute Gasteiger partial charge is 0.349 e. The molecule has 0 aliphatic carbocycles.